The summed E-state index contributed by atoms with van der Waals surface area (Å²) in [6, 6.07) is 8.43. The van der Waals surface area contributed by atoms with E-state index in [0.29, 0.717) is 13.2 Å². The first-order valence-corrected chi connectivity index (χ1v) is 5.62. The molecule has 1 aromatic rings. The minimum absolute atomic E-state index is 0.0559. The van der Waals surface area contributed by atoms with Crippen LogP contribution >= 0.6 is 0 Å². The zero-order chi connectivity index (χ0) is 11.6. The molecule has 0 aliphatic carbocycles. The number of anilines is 1. The third kappa shape index (κ3) is 2.20. The van der Waals surface area contributed by atoms with E-state index in [4.69, 9.17) is 4.74 Å². The van der Waals surface area contributed by atoms with Crippen LogP contribution in [0.5, 0.6) is 0 Å². The van der Waals surface area contributed by atoms with Gasteiger partial charge in [-0.2, -0.15) is 0 Å². The Morgan fingerprint density at radius 3 is 2.38 bits per heavy atom. The topological polar surface area (TPSA) is 32.7 Å². The molecule has 1 N–H and O–H groups in total. The summed E-state index contributed by atoms with van der Waals surface area (Å²) in [5.74, 6) is 0. The summed E-state index contributed by atoms with van der Waals surface area (Å²) >= 11 is 0. The molecule has 88 valence electrons. The van der Waals surface area contributed by atoms with Crippen LogP contribution in [0, 0.1) is 12.3 Å². The van der Waals surface area contributed by atoms with Crippen LogP contribution in [0.4, 0.5) is 5.69 Å². The third-order valence-corrected chi connectivity index (χ3v) is 3.20. The van der Waals surface area contributed by atoms with Gasteiger partial charge in [0.05, 0.1) is 25.2 Å². The Balaban J connectivity index is 2.02. The molecule has 0 atom stereocenters. The summed E-state index contributed by atoms with van der Waals surface area (Å²) in [6.07, 6.45) is 0. The maximum Gasteiger partial charge on any atom is 0.0584 e. The van der Waals surface area contributed by atoms with Gasteiger partial charge in [0, 0.05) is 19.3 Å². The molecule has 0 bridgehead atoms. The number of ether oxygens (including phenoxy) is 1. The highest BCUT2D eigenvalue weighted by Crippen LogP contribution is 2.29. The molecule has 1 heterocycles. The summed E-state index contributed by atoms with van der Waals surface area (Å²) in [6.45, 7) is 4.45. The molecule has 3 nitrogen and oxygen atoms in total. The van der Waals surface area contributed by atoms with Crippen molar-refractivity contribution in [3.8, 4) is 0 Å². The number of benzene rings is 1. The Kier molecular flexibility index (Phi) is 3.17. The minimum Gasteiger partial charge on any atom is -0.396 e. The monoisotopic (exact) mass is 221 g/mol. The summed E-state index contributed by atoms with van der Waals surface area (Å²) in [5, 5.41) is 9.37. The van der Waals surface area contributed by atoms with Gasteiger partial charge in [0.1, 0.15) is 0 Å². The molecular weight excluding hydrogens is 202 g/mol. The normalized spacial score (nSPS) is 17.9. The Morgan fingerprint density at radius 2 is 1.94 bits per heavy atom. The van der Waals surface area contributed by atoms with Crippen LogP contribution < -0.4 is 4.90 Å². The predicted octanol–water partition coefficient (Wildman–Crippen LogP) is 1.44. The van der Waals surface area contributed by atoms with Gasteiger partial charge < -0.3 is 14.7 Å². The standard InChI is InChI=1S/C13H19NO2/c1-11-3-5-12(6-4-11)14(2)7-13(8-15)9-16-10-13/h3-6,15H,7-10H2,1-2H3. The van der Waals surface area contributed by atoms with E-state index in [1.807, 2.05) is 0 Å². The number of hydrogen-bond donors (Lipinski definition) is 1. The first-order valence-electron chi connectivity index (χ1n) is 5.62. The number of hydrogen-bond acceptors (Lipinski definition) is 3. The number of rotatable bonds is 4. The molecule has 2 rings (SSSR count). The average Bonchev–Trinajstić information content (AvgIpc) is 2.24. The van der Waals surface area contributed by atoms with Crippen molar-refractivity contribution in [1.29, 1.82) is 0 Å². The lowest BCUT2D eigenvalue weighted by Crippen LogP contribution is -2.52. The lowest BCUT2D eigenvalue weighted by molar-refractivity contribution is -0.130. The highest BCUT2D eigenvalue weighted by Gasteiger charge is 2.39. The van der Waals surface area contributed by atoms with Crippen LogP contribution in [-0.2, 0) is 4.74 Å². The zero-order valence-corrected chi connectivity index (χ0v) is 9.94. The van der Waals surface area contributed by atoms with Crippen molar-refractivity contribution < 1.29 is 9.84 Å². The first-order chi connectivity index (χ1) is 7.65. The number of aliphatic hydroxyl groups is 1. The van der Waals surface area contributed by atoms with Crippen LogP contribution in [0.1, 0.15) is 5.56 Å². The highest BCUT2D eigenvalue weighted by atomic mass is 16.5. The fourth-order valence-corrected chi connectivity index (χ4v) is 2.02. The van der Waals surface area contributed by atoms with Crippen molar-refractivity contribution in [2.75, 3.05) is 38.3 Å². The first kappa shape index (κ1) is 11.4. The largest absolute Gasteiger partial charge is 0.396 e. The van der Waals surface area contributed by atoms with E-state index < -0.39 is 0 Å². The highest BCUT2D eigenvalue weighted by molar-refractivity contribution is 5.47. The third-order valence-electron chi connectivity index (χ3n) is 3.20. The van der Waals surface area contributed by atoms with Crippen molar-refractivity contribution in [1.82, 2.24) is 0 Å². The fourth-order valence-electron chi connectivity index (χ4n) is 2.02. The molecular formula is C13H19NO2. The Labute approximate surface area is 96.6 Å². The molecule has 1 fully saturated rings. The van der Waals surface area contributed by atoms with Crippen molar-refractivity contribution in [3.05, 3.63) is 29.8 Å². The molecule has 0 saturated carbocycles. The number of aryl methyl sites for hydroxylation is 1. The van der Waals surface area contributed by atoms with E-state index in [1.165, 1.54) is 11.3 Å². The van der Waals surface area contributed by atoms with Crippen LogP contribution in [0.2, 0.25) is 0 Å². The van der Waals surface area contributed by atoms with Gasteiger partial charge in [0.15, 0.2) is 0 Å². The van der Waals surface area contributed by atoms with Crippen molar-refractivity contribution in [2.24, 2.45) is 5.41 Å². The van der Waals surface area contributed by atoms with E-state index in [2.05, 4.69) is 43.1 Å². The SMILES string of the molecule is Cc1ccc(N(C)CC2(CO)COC2)cc1. The quantitative estimate of drug-likeness (QED) is 0.835. The van der Waals surface area contributed by atoms with Crippen LogP contribution in [0.15, 0.2) is 24.3 Å². The smallest absolute Gasteiger partial charge is 0.0584 e. The number of aliphatic hydroxyl groups excluding tert-OH is 1. The fraction of sp³-hybridized carbons (Fsp3) is 0.538. The maximum absolute atomic E-state index is 9.37. The molecule has 0 amide bonds. The van der Waals surface area contributed by atoms with E-state index in [9.17, 15) is 5.11 Å². The Morgan fingerprint density at radius 1 is 1.31 bits per heavy atom. The van der Waals surface area contributed by atoms with Gasteiger partial charge in [0.2, 0.25) is 0 Å². The van der Waals surface area contributed by atoms with Gasteiger partial charge in [-0.15, -0.1) is 0 Å². The van der Waals surface area contributed by atoms with Gasteiger partial charge in [-0.3, -0.25) is 0 Å². The van der Waals surface area contributed by atoms with Crippen LogP contribution in [0.25, 0.3) is 0 Å². The lowest BCUT2D eigenvalue weighted by Gasteiger charge is -2.42. The molecule has 1 aliphatic rings. The van der Waals surface area contributed by atoms with Gasteiger partial charge in [-0.25, -0.2) is 0 Å². The molecule has 3 heteroatoms. The second kappa shape index (κ2) is 4.44. The summed E-state index contributed by atoms with van der Waals surface area (Å²) in [5.41, 5.74) is 2.39. The van der Waals surface area contributed by atoms with Crippen LogP contribution in [0.3, 0.4) is 0 Å². The van der Waals surface area contributed by atoms with E-state index >= 15 is 0 Å². The van der Waals surface area contributed by atoms with Crippen molar-refractivity contribution >= 4 is 5.69 Å². The van der Waals surface area contributed by atoms with E-state index in [1.54, 1.807) is 0 Å². The van der Waals surface area contributed by atoms with Gasteiger partial charge in [0.25, 0.3) is 0 Å². The lowest BCUT2D eigenvalue weighted by atomic mass is 9.86. The van der Waals surface area contributed by atoms with Crippen molar-refractivity contribution in [3.63, 3.8) is 0 Å². The second-order valence-electron chi connectivity index (χ2n) is 4.84. The Bertz CT molecular complexity index is 338. The molecule has 1 aliphatic heterocycles. The summed E-state index contributed by atoms with van der Waals surface area (Å²) in [7, 11) is 2.06. The van der Waals surface area contributed by atoms with Gasteiger partial charge in [-0.1, -0.05) is 17.7 Å². The second-order valence-corrected chi connectivity index (χ2v) is 4.84. The minimum atomic E-state index is -0.0559. The predicted molar refractivity (Wildman–Crippen MR) is 64.8 cm³/mol. The Hall–Kier alpha value is -1.06. The molecule has 1 saturated heterocycles. The average molecular weight is 221 g/mol. The number of nitrogens with zero attached hydrogens (tertiary/aromatic N) is 1. The molecule has 1 aromatic carbocycles. The molecule has 0 radical (unpaired) electrons. The van der Waals surface area contributed by atoms with Gasteiger partial charge in [-0.05, 0) is 19.1 Å². The van der Waals surface area contributed by atoms with Gasteiger partial charge >= 0.3 is 0 Å². The summed E-state index contributed by atoms with van der Waals surface area (Å²) < 4.78 is 5.20. The van der Waals surface area contributed by atoms with Crippen molar-refractivity contribution in [2.45, 2.75) is 6.92 Å². The molecule has 0 aromatic heterocycles. The summed E-state index contributed by atoms with van der Waals surface area (Å²) in [4.78, 5) is 2.18. The molecule has 16 heavy (non-hydrogen) atoms. The van der Waals surface area contributed by atoms with E-state index in [0.717, 1.165) is 6.54 Å². The molecule has 0 spiro atoms. The van der Waals surface area contributed by atoms with Crippen LogP contribution in [-0.4, -0.2) is 38.5 Å². The van der Waals surface area contributed by atoms with E-state index in [-0.39, 0.29) is 12.0 Å². The zero-order valence-electron chi connectivity index (χ0n) is 9.94. The molecule has 0 unspecified atom stereocenters. The maximum atomic E-state index is 9.37.